The van der Waals surface area contributed by atoms with Crippen molar-refractivity contribution in [1.82, 2.24) is 9.97 Å². The zero-order valence-corrected chi connectivity index (χ0v) is 11.1. The third-order valence-corrected chi connectivity index (χ3v) is 6.28. The standard InChI is InChI=1S/C10H4N2S4/c1-3-13-7-5(1)15-9(11-7)10-12-8-6(16-10)2-4-14-8/h1-4H. The van der Waals surface area contributed by atoms with E-state index in [-0.39, 0.29) is 0 Å². The second kappa shape index (κ2) is 3.33. The molecule has 4 rings (SSSR count). The summed E-state index contributed by atoms with van der Waals surface area (Å²) >= 11 is 6.84. The Hall–Kier alpha value is -0.820. The number of fused-ring (bicyclic) bond motifs is 2. The molecular weight excluding hydrogens is 276 g/mol. The van der Waals surface area contributed by atoms with E-state index in [4.69, 9.17) is 0 Å². The van der Waals surface area contributed by atoms with E-state index in [0.29, 0.717) is 0 Å². The Kier molecular flexibility index (Phi) is 1.92. The summed E-state index contributed by atoms with van der Waals surface area (Å²) in [5.41, 5.74) is 0. The largest absolute Gasteiger partial charge is 0.223 e. The van der Waals surface area contributed by atoms with E-state index >= 15 is 0 Å². The van der Waals surface area contributed by atoms with Gasteiger partial charge in [-0.25, -0.2) is 9.97 Å². The molecule has 0 aliphatic rings. The molecule has 0 N–H and O–H groups in total. The van der Waals surface area contributed by atoms with E-state index in [1.54, 1.807) is 45.3 Å². The maximum Gasteiger partial charge on any atom is 0.154 e. The lowest BCUT2D eigenvalue weighted by atomic mass is 10.6. The number of rotatable bonds is 1. The molecule has 0 bridgehead atoms. The quantitative estimate of drug-likeness (QED) is 0.505. The van der Waals surface area contributed by atoms with Crippen LogP contribution in [0.2, 0.25) is 0 Å². The average Bonchev–Trinajstić information content (AvgIpc) is 2.94. The summed E-state index contributed by atoms with van der Waals surface area (Å²) in [5.74, 6) is 0. The van der Waals surface area contributed by atoms with E-state index in [2.05, 4.69) is 32.9 Å². The predicted molar refractivity (Wildman–Crippen MR) is 74.0 cm³/mol. The Labute approximate surface area is 107 Å². The normalized spacial score (nSPS) is 11.8. The maximum absolute atomic E-state index is 4.61. The first-order chi connectivity index (χ1) is 7.90. The Morgan fingerprint density at radius 3 is 1.69 bits per heavy atom. The van der Waals surface area contributed by atoms with E-state index in [0.717, 1.165) is 19.7 Å². The van der Waals surface area contributed by atoms with E-state index in [1.807, 2.05) is 0 Å². The molecule has 0 spiro atoms. The number of aromatic nitrogens is 2. The van der Waals surface area contributed by atoms with Crippen LogP contribution in [0.25, 0.3) is 29.1 Å². The molecule has 0 amide bonds. The first-order valence-electron chi connectivity index (χ1n) is 4.58. The van der Waals surface area contributed by atoms with Crippen molar-refractivity contribution in [2.24, 2.45) is 0 Å². The Morgan fingerprint density at radius 2 is 1.25 bits per heavy atom. The molecule has 4 heterocycles. The molecule has 2 nitrogen and oxygen atoms in total. The third-order valence-electron chi connectivity index (χ3n) is 2.22. The number of thiophene rings is 2. The number of nitrogens with zero attached hydrogens (tertiary/aromatic N) is 2. The zero-order chi connectivity index (χ0) is 10.5. The highest BCUT2D eigenvalue weighted by molar-refractivity contribution is 7.32. The van der Waals surface area contributed by atoms with Gasteiger partial charge in [-0.05, 0) is 22.9 Å². The summed E-state index contributed by atoms with van der Waals surface area (Å²) in [6.07, 6.45) is 0. The van der Waals surface area contributed by atoms with Crippen LogP contribution in [0.5, 0.6) is 0 Å². The summed E-state index contributed by atoms with van der Waals surface area (Å²) < 4.78 is 2.53. The van der Waals surface area contributed by atoms with Gasteiger partial charge in [0, 0.05) is 0 Å². The fourth-order valence-electron chi connectivity index (χ4n) is 1.52. The van der Waals surface area contributed by atoms with Gasteiger partial charge in [-0.3, -0.25) is 0 Å². The summed E-state index contributed by atoms with van der Waals surface area (Å²) in [7, 11) is 0. The summed E-state index contributed by atoms with van der Waals surface area (Å²) in [6.45, 7) is 0. The molecular formula is C10H4N2S4. The highest BCUT2D eigenvalue weighted by Gasteiger charge is 2.12. The molecule has 0 unspecified atom stereocenters. The van der Waals surface area contributed by atoms with Crippen molar-refractivity contribution in [1.29, 1.82) is 0 Å². The van der Waals surface area contributed by atoms with Gasteiger partial charge in [0.1, 0.15) is 9.66 Å². The predicted octanol–water partition coefficient (Wildman–Crippen LogP) is 4.70. The van der Waals surface area contributed by atoms with Crippen LogP contribution in [-0.4, -0.2) is 9.97 Å². The molecule has 0 aromatic carbocycles. The topological polar surface area (TPSA) is 25.8 Å². The minimum absolute atomic E-state index is 1.05. The highest BCUT2D eigenvalue weighted by atomic mass is 32.1. The molecule has 0 atom stereocenters. The lowest BCUT2D eigenvalue weighted by Gasteiger charge is -1.83. The van der Waals surface area contributed by atoms with Crippen molar-refractivity contribution in [3.05, 3.63) is 22.9 Å². The van der Waals surface area contributed by atoms with Gasteiger partial charge in [-0.1, -0.05) is 0 Å². The molecule has 0 radical (unpaired) electrons. The lowest BCUT2D eigenvalue weighted by Crippen LogP contribution is -1.70. The number of thiazole rings is 2. The van der Waals surface area contributed by atoms with E-state index in [9.17, 15) is 0 Å². The average molecular weight is 280 g/mol. The van der Waals surface area contributed by atoms with Crippen LogP contribution in [0.1, 0.15) is 0 Å². The molecule has 0 aliphatic carbocycles. The van der Waals surface area contributed by atoms with Crippen molar-refractivity contribution in [3.8, 4) is 10.0 Å². The Bertz CT molecular complexity index is 649. The second-order valence-corrected chi connectivity index (χ2v) is 7.07. The highest BCUT2D eigenvalue weighted by Crippen LogP contribution is 2.37. The molecule has 78 valence electrons. The monoisotopic (exact) mass is 280 g/mol. The number of hydrogen-bond acceptors (Lipinski definition) is 6. The van der Waals surface area contributed by atoms with Gasteiger partial charge in [0.15, 0.2) is 10.0 Å². The van der Waals surface area contributed by atoms with Crippen LogP contribution in [-0.2, 0) is 0 Å². The van der Waals surface area contributed by atoms with Crippen LogP contribution in [0.4, 0.5) is 0 Å². The Balaban J connectivity index is 1.96. The van der Waals surface area contributed by atoms with Gasteiger partial charge in [0.2, 0.25) is 0 Å². The summed E-state index contributed by atoms with van der Waals surface area (Å²) in [4.78, 5) is 11.5. The van der Waals surface area contributed by atoms with Gasteiger partial charge in [-0.2, -0.15) is 0 Å². The van der Waals surface area contributed by atoms with Gasteiger partial charge in [-0.15, -0.1) is 45.3 Å². The van der Waals surface area contributed by atoms with E-state index < -0.39 is 0 Å². The van der Waals surface area contributed by atoms with Gasteiger partial charge < -0.3 is 0 Å². The smallest absolute Gasteiger partial charge is 0.154 e. The fraction of sp³-hybridized carbons (Fsp3) is 0. The first kappa shape index (κ1) is 9.23. The van der Waals surface area contributed by atoms with Crippen molar-refractivity contribution in [2.45, 2.75) is 0 Å². The summed E-state index contributed by atoms with van der Waals surface area (Å²) in [6, 6.07) is 4.24. The van der Waals surface area contributed by atoms with Crippen molar-refractivity contribution in [3.63, 3.8) is 0 Å². The molecule has 0 saturated carbocycles. The van der Waals surface area contributed by atoms with Crippen molar-refractivity contribution >= 4 is 64.4 Å². The minimum Gasteiger partial charge on any atom is -0.223 e. The van der Waals surface area contributed by atoms with Gasteiger partial charge in [0.05, 0.1) is 9.40 Å². The van der Waals surface area contributed by atoms with Crippen LogP contribution in [0.15, 0.2) is 22.9 Å². The van der Waals surface area contributed by atoms with Crippen LogP contribution in [0, 0.1) is 0 Å². The minimum atomic E-state index is 1.05. The molecule has 0 fully saturated rings. The van der Waals surface area contributed by atoms with Crippen molar-refractivity contribution in [2.75, 3.05) is 0 Å². The Morgan fingerprint density at radius 1 is 0.750 bits per heavy atom. The summed E-state index contributed by atoms with van der Waals surface area (Å²) in [5, 5.41) is 6.27. The van der Waals surface area contributed by atoms with Crippen molar-refractivity contribution < 1.29 is 0 Å². The first-order valence-corrected chi connectivity index (χ1v) is 7.98. The molecule has 6 heteroatoms. The molecule has 0 aliphatic heterocycles. The third kappa shape index (κ3) is 1.27. The van der Waals surface area contributed by atoms with Gasteiger partial charge >= 0.3 is 0 Å². The maximum atomic E-state index is 4.61. The van der Waals surface area contributed by atoms with E-state index in [1.165, 1.54) is 9.40 Å². The van der Waals surface area contributed by atoms with Crippen LogP contribution < -0.4 is 0 Å². The number of hydrogen-bond donors (Lipinski definition) is 0. The fourth-order valence-corrected chi connectivity index (χ4v) is 5.41. The van der Waals surface area contributed by atoms with Crippen LogP contribution >= 0.6 is 45.3 Å². The second-order valence-electron chi connectivity index (χ2n) is 3.22. The molecule has 4 aromatic heterocycles. The molecule has 4 aromatic rings. The molecule has 16 heavy (non-hydrogen) atoms. The lowest BCUT2D eigenvalue weighted by molar-refractivity contribution is 1.45. The van der Waals surface area contributed by atoms with Gasteiger partial charge in [0.25, 0.3) is 0 Å². The SMILES string of the molecule is c1cc2sc(-c3nc4sccc4s3)nc2s1. The zero-order valence-electron chi connectivity index (χ0n) is 7.84. The molecule has 0 saturated heterocycles. The van der Waals surface area contributed by atoms with Crippen LogP contribution in [0.3, 0.4) is 0 Å².